The van der Waals surface area contributed by atoms with Gasteiger partial charge < -0.3 is 10.2 Å². The monoisotopic (exact) mass is 603 g/mol. The first-order valence-corrected chi connectivity index (χ1v) is 15.5. The molecule has 214 valence electrons. The van der Waals surface area contributed by atoms with E-state index in [-0.39, 0.29) is 24.9 Å². The van der Waals surface area contributed by atoms with Crippen molar-refractivity contribution in [1.29, 1.82) is 0 Å². The van der Waals surface area contributed by atoms with Crippen LogP contribution < -0.4 is 9.62 Å². The number of halogens is 2. The van der Waals surface area contributed by atoms with Crippen molar-refractivity contribution < 1.29 is 18.0 Å². The summed E-state index contributed by atoms with van der Waals surface area (Å²) in [5, 5.41) is 3.58. The number of nitrogens with zero attached hydrogens (tertiary/aromatic N) is 2. The van der Waals surface area contributed by atoms with Crippen molar-refractivity contribution in [3.8, 4) is 0 Å². The highest BCUT2D eigenvalue weighted by Gasteiger charge is 2.34. The lowest BCUT2D eigenvalue weighted by atomic mass is 10.0. The lowest BCUT2D eigenvalue weighted by Gasteiger charge is -2.34. The molecule has 0 heterocycles. The molecule has 7 nitrogen and oxygen atoms in total. The number of anilines is 1. The molecule has 0 saturated heterocycles. The minimum absolute atomic E-state index is 0.0925. The molecule has 0 aliphatic heterocycles. The van der Waals surface area contributed by atoms with Crippen LogP contribution in [0.3, 0.4) is 0 Å². The molecule has 0 saturated carbocycles. The fourth-order valence-electron chi connectivity index (χ4n) is 4.50. The Kier molecular flexibility index (Phi) is 10.6. The summed E-state index contributed by atoms with van der Waals surface area (Å²) in [7, 11) is -3.86. The Balaban J connectivity index is 2.12. The van der Waals surface area contributed by atoms with E-state index in [4.69, 9.17) is 23.2 Å². The standard InChI is InChI=1S/C30H35Cl2N3O4S/c1-20(2)33-30(37)28(17-23-10-7-6-8-11-23)34(18-25-26(31)12-9-13-27(25)32)29(36)19-35(40(5,38)39)24-15-21(3)14-22(4)16-24/h6-16,20,28H,17-19H2,1-5H3,(H,33,37)/t28-/m1/s1. The van der Waals surface area contributed by atoms with Crippen LogP contribution in [0.4, 0.5) is 5.69 Å². The van der Waals surface area contributed by atoms with E-state index in [1.807, 2.05) is 64.1 Å². The van der Waals surface area contributed by atoms with Gasteiger partial charge in [-0.1, -0.05) is 65.7 Å². The van der Waals surface area contributed by atoms with E-state index >= 15 is 0 Å². The van der Waals surface area contributed by atoms with E-state index in [0.717, 1.165) is 27.3 Å². The van der Waals surface area contributed by atoms with Gasteiger partial charge in [-0.15, -0.1) is 0 Å². The molecule has 0 bridgehead atoms. The van der Waals surface area contributed by atoms with Gasteiger partial charge in [0.05, 0.1) is 11.9 Å². The van der Waals surface area contributed by atoms with Crippen molar-refractivity contribution in [1.82, 2.24) is 10.2 Å². The van der Waals surface area contributed by atoms with Crippen LogP contribution in [0.5, 0.6) is 0 Å². The molecular formula is C30H35Cl2N3O4S. The summed E-state index contributed by atoms with van der Waals surface area (Å²) in [6.07, 6.45) is 1.26. The smallest absolute Gasteiger partial charge is 0.244 e. The number of hydrogen-bond acceptors (Lipinski definition) is 4. The molecule has 1 atom stereocenters. The Morgan fingerprint density at radius 1 is 0.900 bits per heavy atom. The number of sulfonamides is 1. The second-order valence-corrected chi connectivity index (χ2v) is 12.9. The van der Waals surface area contributed by atoms with Gasteiger partial charge in [-0.25, -0.2) is 8.42 Å². The summed E-state index contributed by atoms with van der Waals surface area (Å²) in [5.74, 6) is -0.937. The van der Waals surface area contributed by atoms with Crippen molar-refractivity contribution in [2.24, 2.45) is 0 Å². The first-order valence-electron chi connectivity index (χ1n) is 12.9. The van der Waals surface area contributed by atoms with Gasteiger partial charge in [0, 0.05) is 34.6 Å². The zero-order valence-corrected chi connectivity index (χ0v) is 25.6. The maximum Gasteiger partial charge on any atom is 0.244 e. The summed E-state index contributed by atoms with van der Waals surface area (Å²) >= 11 is 13.0. The number of carbonyl (C=O) groups is 2. The Morgan fingerprint density at radius 2 is 1.48 bits per heavy atom. The molecule has 0 aliphatic rings. The summed E-state index contributed by atoms with van der Waals surface area (Å²) in [5.41, 5.74) is 3.38. The number of amides is 2. The van der Waals surface area contributed by atoms with Crippen LogP contribution in [0.15, 0.2) is 66.7 Å². The fourth-order valence-corrected chi connectivity index (χ4v) is 5.85. The van der Waals surface area contributed by atoms with Crippen LogP contribution in [0.1, 0.15) is 36.1 Å². The molecule has 0 spiro atoms. The zero-order chi connectivity index (χ0) is 29.6. The van der Waals surface area contributed by atoms with Gasteiger partial charge in [-0.3, -0.25) is 13.9 Å². The highest BCUT2D eigenvalue weighted by atomic mass is 35.5. The minimum Gasteiger partial charge on any atom is -0.352 e. The van der Waals surface area contributed by atoms with Crippen molar-refractivity contribution in [2.45, 2.75) is 52.7 Å². The molecule has 0 aliphatic carbocycles. The minimum atomic E-state index is -3.86. The topological polar surface area (TPSA) is 86.8 Å². The molecule has 2 amide bonds. The molecule has 1 N–H and O–H groups in total. The molecule has 0 unspecified atom stereocenters. The van der Waals surface area contributed by atoms with Crippen LogP contribution in [0.2, 0.25) is 10.0 Å². The van der Waals surface area contributed by atoms with E-state index in [2.05, 4.69) is 5.32 Å². The SMILES string of the molecule is Cc1cc(C)cc(N(CC(=O)N(Cc2c(Cl)cccc2Cl)[C@H](Cc2ccccc2)C(=O)NC(C)C)S(C)(=O)=O)c1. The quantitative estimate of drug-likeness (QED) is 0.312. The van der Waals surface area contributed by atoms with Crippen molar-refractivity contribution in [3.05, 3.63) is 99.0 Å². The second kappa shape index (κ2) is 13.5. The van der Waals surface area contributed by atoms with Crippen molar-refractivity contribution >= 4 is 50.7 Å². The van der Waals surface area contributed by atoms with E-state index < -0.39 is 28.5 Å². The predicted octanol–water partition coefficient (Wildman–Crippen LogP) is 5.54. The third-order valence-corrected chi connectivity index (χ3v) is 8.11. The van der Waals surface area contributed by atoms with E-state index in [0.29, 0.717) is 21.3 Å². The van der Waals surface area contributed by atoms with Crippen molar-refractivity contribution in [2.75, 3.05) is 17.1 Å². The third-order valence-electron chi connectivity index (χ3n) is 6.27. The fraction of sp³-hybridized carbons (Fsp3) is 0.333. The summed E-state index contributed by atoms with van der Waals surface area (Å²) in [6.45, 7) is 6.78. The number of aryl methyl sites for hydroxylation is 2. The predicted molar refractivity (Wildman–Crippen MR) is 162 cm³/mol. The number of carbonyl (C=O) groups excluding carboxylic acids is 2. The Morgan fingerprint density at radius 3 is 2.00 bits per heavy atom. The largest absolute Gasteiger partial charge is 0.352 e. The number of rotatable bonds is 11. The molecular weight excluding hydrogens is 569 g/mol. The number of hydrogen-bond donors (Lipinski definition) is 1. The van der Waals surface area contributed by atoms with Gasteiger partial charge in [0.25, 0.3) is 0 Å². The van der Waals surface area contributed by atoms with Crippen LogP contribution in [-0.4, -0.2) is 50.0 Å². The van der Waals surface area contributed by atoms with Gasteiger partial charge in [-0.05, 0) is 68.7 Å². The first-order chi connectivity index (χ1) is 18.8. The third kappa shape index (κ3) is 8.46. The summed E-state index contributed by atoms with van der Waals surface area (Å²) in [6, 6.07) is 18.5. The van der Waals surface area contributed by atoms with Gasteiger partial charge in [0.15, 0.2) is 0 Å². The van der Waals surface area contributed by atoms with Crippen LogP contribution >= 0.6 is 23.2 Å². The average molecular weight is 605 g/mol. The van der Waals surface area contributed by atoms with Gasteiger partial charge in [0.1, 0.15) is 12.6 Å². The Bertz CT molecular complexity index is 1420. The van der Waals surface area contributed by atoms with Crippen LogP contribution in [-0.2, 0) is 32.6 Å². The molecule has 3 aromatic rings. The number of nitrogens with one attached hydrogen (secondary N) is 1. The maximum atomic E-state index is 14.1. The Labute approximate surface area is 247 Å². The number of benzene rings is 3. The van der Waals surface area contributed by atoms with E-state index in [9.17, 15) is 18.0 Å². The molecule has 10 heteroatoms. The van der Waals surface area contributed by atoms with E-state index in [1.54, 1.807) is 30.3 Å². The molecule has 0 radical (unpaired) electrons. The van der Waals surface area contributed by atoms with Gasteiger partial charge in [0.2, 0.25) is 21.8 Å². The first kappa shape index (κ1) is 31.5. The Hall–Kier alpha value is -3.07. The van der Waals surface area contributed by atoms with Crippen LogP contribution in [0.25, 0.3) is 0 Å². The summed E-state index contributed by atoms with van der Waals surface area (Å²) < 4.78 is 27.0. The normalized spacial score (nSPS) is 12.2. The summed E-state index contributed by atoms with van der Waals surface area (Å²) in [4.78, 5) is 29.1. The maximum absolute atomic E-state index is 14.1. The zero-order valence-electron chi connectivity index (χ0n) is 23.3. The second-order valence-electron chi connectivity index (χ2n) is 10.2. The highest BCUT2D eigenvalue weighted by molar-refractivity contribution is 7.92. The lowest BCUT2D eigenvalue weighted by Crippen LogP contribution is -2.54. The molecule has 3 aromatic carbocycles. The molecule has 0 fully saturated rings. The van der Waals surface area contributed by atoms with Crippen LogP contribution in [0, 0.1) is 13.8 Å². The lowest BCUT2D eigenvalue weighted by molar-refractivity contribution is -0.140. The average Bonchev–Trinajstić information content (AvgIpc) is 2.85. The highest BCUT2D eigenvalue weighted by Crippen LogP contribution is 2.28. The molecule has 40 heavy (non-hydrogen) atoms. The molecule has 0 aromatic heterocycles. The van der Waals surface area contributed by atoms with Gasteiger partial charge in [-0.2, -0.15) is 0 Å². The van der Waals surface area contributed by atoms with Crippen molar-refractivity contribution in [3.63, 3.8) is 0 Å². The molecule has 3 rings (SSSR count). The van der Waals surface area contributed by atoms with E-state index in [1.165, 1.54) is 4.90 Å². The van der Waals surface area contributed by atoms with Gasteiger partial charge >= 0.3 is 0 Å².